The van der Waals surface area contributed by atoms with E-state index in [4.69, 9.17) is 23.2 Å². The van der Waals surface area contributed by atoms with Gasteiger partial charge in [-0.25, -0.2) is 16.8 Å². The van der Waals surface area contributed by atoms with Gasteiger partial charge in [0.2, 0.25) is 0 Å². The van der Waals surface area contributed by atoms with Crippen molar-refractivity contribution in [2.45, 2.75) is 22.6 Å². The van der Waals surface area contributed by atoms with Crippen LogP contribution in [0.1, 0.15) is 12.0 Å². The molecule has 4 rings (SSSR count). The maximum Gasteiger partial charge on any atom is 0.264 e. The first-order valence-electron chi connectivity index (χ1n) is 9.37. The van der Waals surface area contributed by atoms with Crippen LogP contribution in [0, 0.1) is 0 Å². The van der Waals surface area contributed by atoms with Gasteiger partial charge in [0, 0.05) is 17.3 Å². The molecule has 1 aliphatic heterocycles. The molecule has 1 aliphatic rings. The Morgan fingerprint density at radius 2 is 1.61 bits per heavy atom. The number of aryl methyl sites for hydroxylation is 1. The maximum atomic E-state index is 13.1. The van der Waals surface area contributed by atoms with E-state index in [2.05, 4.69) is 4.72 Å². The first-order valence-corrected chi connectivity index (χ1v) is 13.0. The fraction of sp³-hybridized carbons (Fsp3) is 0.143. The summed E-state index contributed by atoms with van der Waals surface area (Å²) < 4.78 is 55.7. The van der Waals surface area contributed by atoms with Crippen LogP contribution in [0.25, 0.3) is 0 Å². The molecule has 1 heterocycles. The molecule has 0 unspecified atom stereocenters. The lowest BCUT2D eigenvalue weighted by molar-refractivity contribution is 0.586. The first kappa shape index (κ1) is 22.0. The van der Waals surface area contributed by atoms with Crippen LogP contribution >= 0.6 is 23.2 Å². The van der Waals surface area contributed by atoms with Crippen LogP contribution in [-0.4, -0.2) is 23.4 Å². The second-order valence-electron chi connectivity index (χ2n) is 7.02. The van der Waals surface area contributed by atoms with Gasteiger partial charge in [0.1, 0.15) is 4.90 Å². The van der Waals surface area contributed by atoms with Crippen LogP contribution in [-0.2, 0) is 26.5 Å². The smallest absolute Gasteiger partial charge is 0.264 e. The molecule has 10 heteroatoms. The Labute approximate surface area is 191 Å². The van der Waals surface area contributed by atoms with Gasteiger partial charge in [-0.3, -0.25) is 9.03 Å². The Kier molecular flexibility index (Phi) is 5.91. The highest BCUT2D eigenvalue weighted by molar-refractivity contribution is 7.93. The molecule has 1 N–H and O–H groups in total. The molecule has 0 aromatic heterocycles. The highest BCUT2D eigenvalue weighted by Crippen LogP contribution is 2.35. The molecular formula is C21H18Cl2N2O4S2. The van der Waals surface area contributed by atoms with Crippen molar-refractivity contribution in [3.8, 4) is 0 Å². The summed E-state index contributed by atoms with van der Waals surface area (Å²) in [6, 6.07) is 17.2. The summed E-state index contributed by atoms with van der Waals surface area (Å²) in [4.78, 5) is 0.0795. The van der Waals surface area contributed by atoms with Gasteiger partial charge in [-0.1, -0.05) is 41.4 Å². The highest BCUT2D eigenvalue weighted by atomic mass is 35.5. The zero-order valence-electron chi connectivity index (χ0n) is 16.1. The average Bonchev–Trinajstić information content (AvgIpc) is 2.75. The van der Waals surface area contributed by atoms with Gasteiger partial charge in [0.15, 0.2) is 0 Å². The van der Waals surface area contributed by atoms with Crippen LogP contribution in [0.15, 0.2) is 76.5 Å². The third-order valence-electron chi connectivity index (χ3n) is 4.92. The topological polar surface area (TPSA) is 83.6 Å². The van der Waals surface area contributed by atoms with E-state index >= 15 is 0 Å². The lowest BCUT2D eigenvalue weighted by Gasteiger charge is -2.31. The van der Waals surface area contributed by atoms with Crippen LogP contribution in [0.4, 0.5) is 11.4 Å². The number of hydrogen-bond donors (Lipinski definition) is 1. The van der Waals surface area contributed by atoms with Crippen molar-refractivity contribution in [2.24, 2.45) is 0 Å². The maximum absolute atomic E-state index is 13.1. The van der Waals surface area contributed by atoms with E-state index in [0.29, 0.717) is 30.8 Å². The fourth-order valence-corrected chi connectivity index (χ4v) is 6.86. The Bertz CT molecular complexity index is 1350. The number of rotatable bonds is 5. The van der Waals surface area contributed by atoms with Crippen LogP contribution < -0.4 is 9.03 Å². The summed E-state index contributed by atoms with van der Waals surface area (Å²) in [5, 5.41) is 0.298. The van der Waals surface area contributed by atoms with Crippen molar-refractivity contribution in [1.29, 1.82) is 0 Å². The van der Waals surface area contributed by atoms with Gasteiger partial charge < -0.3 is 0 Å². The molecule has 0 aliphatic carbocycles. The summed E-state index contributed by atoms with van der Waals surface area (Å²) in [5.41, 5.74) is 1.59. The largest absolute Gasteiger partial charge is 0.280 e. The molecule has 6 nitrogen and oxygen atoms in total. The minimum atomic E-state index is -3.98. The van der Waals surface area contributed by atoms with Crippen molar-refractivity contribution in [1.82, 2.24) is 0 Å². The van der Waals surface area contributed by atoms with Gasteiger partial charge in [-0.05, 0) is 66.9 Å². The van der Waals surface area contributed by atoms with Crippen LogP contribution in [0.5, 0.6) is 0 Å². The van der Waals surface area contributed by atoms with Gasteiger partial charge in [0.25, 0.3) is 20.0 Å². The van der Waals surface area contributed by atoms with E-state index in [-0.39, 0.29) is 19.8 Å². The summed E-state index contributed by atoms with van der Waals surface area (Å²) in [5.74, 6) is 0. The number of halogens is 2. The number of sulfonamides is 2. The lowest BCUT2D eigenvalue weighted by Crippen LogP contribution is -2.35. The SMILES string of the molecule is O=S(=O)(Nc1ccc2c(c1)CCCN2S(=O)(=O)c1ccccc1)c1cc(Cl)ccc1Cl. The second-order valence-corrected chi connectivity index (χ2v) is 11.4. The molecular weight excluding hydrogens is 479 g/mol. The molecule has 162 valence electrons. The van der Waals surface area contributed by atoms with E-state index in [0.717, 1.165) is 5.56 Å². The third kappa shape index (κ3) is 4.39. The first-order chi connectivity index (χ1) is 14.7. The standard InChI is InChI=1S/C21H18Cl2N2O4S2/c22-16-8-10-19(23)21(14-16)30(26,27)24-17-9-11-20-15(13-17)5-4-12-25(20)31(28,29)18-6-2-1-3-7-18/h1-3,6-11,13-14,24H,4-5,12H2. The summed E-state index contributed by atoms with van der Waals surface area (Å²) >= 11 is 12.0. The number of fused-ring (bicyclic) bond motifs is 1. The molecule has 0 fully saturated rings. The zero-order valence-corrected chi connectivity index (χ0v) is 19.3. The van der Waals surface area contributed by atoms with Crippen LogP contribution in [0.3, 0.4) is 0 Å². The summed E-state index contributed by atoms with van der Waals surface area (Å²) in [6.07, 6.45) is 1.25. The molecule has 3 aromatic carbocycles. The normalized spacial score (nSPS) is 14.2. The van der Waals surface area contributed by atoms with Gasteiger partial charge in [-0.15, -0.1) is 0 Å². The third-order valence-corrected chi connectivity index (χ3v) is 8.85. The zero-order chi connectivity index (χ0) is 22.2. The van der Waals surface area contributed by atoms with Crippen molar-refractivity contribution >= 4 is 54.6 Å². The number of benzene rings is 3. The van der Waals surface area contributed by atoms with E-state index in [9.17, 15) is 16.8 Å². The fourth-order valence-electron chi connectivity index (χ4n) is 3.49. The second kappa shape index (κ2) is 8.35. The minimum Gasteiger partial charge on any atom is -0.280 e. The van der Waals surface area contributed by atoms with Crippen molar-refractivity contribution in [3.63, 3.8) is 0 Å². The van der Waals surface area contributed by atoms with Crippen molar-refractivity contribution < 1.29 is 16.8 Å². The molecule has 0 saturated heterocycles. The Hall–Kier alpha value is -2.26. The predicted octanol–water partition coefficient (Wildman–Crippen LogP) is 4.94. The average molecular weight is 497 g/mol. The molecule has 0 bridgehead atoms. The van der Waals surface area contributed by atoms with Crippen molar-refractivity contribution in [3.05, 3.63) is 82.3 Å². The van der Waals surface area contributed by atoms with Gasteiger partial charge in [0.05, 0.1) is 15.6 Å². The molecule has 0 amide bonds. The lowest BCUT2D eigenvalue weighted by atomic mass is 10.0. The molecule has 0 atom stereocenters. The highest BCUT2D eigenvalue weighted by Gasteiger charge is 2.29. The number of anilines is 2. The Morgan fingerprint density at radius 3 is 2.35 bits per heavy atom. The number of nitrogens with one attached hydrogen (secondary N) is 1. The Morgan fingerprint density at radius 1 is 0.871 bits per heavy atom. The monoisotopic (exact) mass is 496 g/mol. The predicted molar refractivity (Wildman–Crippen MR) is 123 cm³/mol. The Balaban J connectivity index is 1.67. The molecule has 0 saturated carbocycles. The number of hydrogen-bond acceptors (Lipinski definition) is 4. The molecule has 3 aromatic rings. The van der Waals surface area contributed by atoms with E-state index in [1.54, 1.807) is 42.5 Å². The molecule has 0 radical (unpaired) electrons. The van der Waals surface area contributed by atoms with Crippen LogP contribution in [0.2, 0.25) is 10.0 Å². The van der Waals surface area contributed by atoms with E-state index in [1.807, 2.05) is 0 Å². The van der Waals surface area contributed by atoms with E-state index < -0.39 is 20.0 Å². The summed E-state index contributed by atoms with van der Waals surface area (Å²) in [6.45, 7) is 0.355. The summed E-state index contributed by atoms with van der Waals surface area (Å²) in [7, 11) is -7.69. The van der Waals surface area contributed by atoms with E-state index in [1.165, 1.54) is 28.6 Å². The quantitative estimate of drug-likeness (QED) is 0.542. The van der Waals surface area contributed by atoms with Gasteiger partial charge in [-0.2, -0.15) is 0 Å². The van der Waals surface area contributed by atoms with Gasteiger partial charge >= 0.3 is 0 Å². The molecule has 31 heavy (non-hydrogen) atoms. The minimum absolute atomic E-state index is 0.0509. The van der Waals surface area contributed by atoms with Crippen molar-refractivity contribution in [2.75, 3.05) is 15.6 Å². The number of nitrogens with zero attached hydrogens (tertiary/aromatic N) is 1. The molecule has 0 spiro atoms.